The summed E-state index contributed by atoms with van der Waals surface area (Å²) < 4.78 is 0.811. The largest absolute Gasteiger partial charge is 0.324 e. The first kappa shape index (κ1) is 17.1. The molecule has 1 aromatic heterocycles. The lowest BCUT2D eigenvalue weighted by Gasteiger charge is -2.11. The Balaban J connectivity index is 1.80. The van der Waals surface area contributed by atoms with Crippen LogP contribution in [0.4, 0.5) is 17.3 Å². The number of benzene rings is 2. The van der Waals surface area contributed by atoms with Gasteiger partial charge in [0, 0.05) is 16.4 Å². The van der Waals surface area contributed by atoms with E-state index < -0.39 is 0 Å². The van der Waals surface area contributed by atoms with Crippen LogP contribution in [-0.2, 0) is 0 Å². The second-order valence-corrected chi connectivity index (χ2v) is 6.43. The molecule has 126 valence electrons. The van der Waals surface area contributed by atoms with Crippen molar-refractivity contribution in [2.75, 3.05) is 10.6 Å². The van der Waals surface area contributed by atoms with Gasteiger partial charge in [-0.05, 0) is 65.2 Å². The van der Waals surface area contributed by atoms with Gasteiger partial charge in [-0.1, -0.05) is 24.3 Å². The Morgan fingerprint density at radius 2 is 1.76 bits per heavy atom. The van der Waals surface area contributed by atoms with Crippen molar-refractivity contribution in [2.45, 2.75) is 13.8 Å². The average Bonchev–Trinajstić information content (AvgIpc) is 2.61. The second kappa shape index (κ2) is 7.44. The highest BCUT2D eigenvalue weighted by atomic mass is 79.9. The lowest BCUT2D eigenvalue weighted by molar-refractivity contribution is 0.102. The minimum Gasteiger partial charge on any atom is -0.324 e. The van der Waals surface area contributed by atoms with E-state index in [-0.39, 0.29) is 5.91 Å². The molecule has 3 rings (SSSR count). The van der Waals surface area contributed by atoms with Gasteiger partial charge in [0.1, 0.15) is 5.69 Å². The molecule has 5 nitrogen and oxygen atoms in total. The molecule has 2 aromatic carbocycles. The molecule has 1 amide bonds. The van der Waals surface area contributed by atoms with Crippen LogP contribution in [0.15, 0.2) is 59.2 Å². The highest BCUT2D eigenvalue weighted by molar-refractivity contribution is 9.10. The Labute approximate surface area is 154 Å². The zero-order valence-corrected chi connectivity index (χ0v) is 15.5. The molecule has 0 unspecified atom stereocenters. The lowest BCUT2D eigenvalue weighted by Crippen LogP contribution is -2.15. The number of nitrogens with zero attached hydrogens (tertiary/aromatic N) is 2. The molecular weight excluding hydrogens is 380 g/mol. The van der Waals surface area contributed by atoms with Gasteiger partial charge in [0.2, 0.25) is 5.95 Å². The van der Waals surface area contributed by atoms with Crippen molar-refractivity contribution in [3.05, 3.63) is 76.0 Å². The summed E-state index contributed by atoms with van der Waals surface area (Å²) in [6.07, 6.45) is 1.56. The molecule has 0 saturated carbocycles. The molecule has 0 bridgehead atoms. The third-order valence-corrected chi connectivity index (χ3v) is 4.55. The van der Waals surface area contributed by atoms with Gasteiger partial charge in [0.05, 0.1) is 5.69 Å². The van der Waals surface area contributed by atoms with Crippen LogP contribution in [0.25, 0.3) is 0 Å². The minimum atomic E-state index is -0.293. The number of halogens is 1. The fourth-order valence-corrected chi connectivity index (χ4v) is 2.69. The number of hydrogen-bond acceptors (Lipinski definition) is 4. The van der Waals surface area contributed by atoms with E-state index in [9.17, 15) is 4.79 Å². The minimum absolute atomic E-state index is 0.290. The maximum Gasteiger partial charge on any atom is 0.274 e. The van der Waals surface area contributed by atoms with Crippen molar-refractivity contribution in [3.8, 4) is 0 Å². The summed E-state index contributed by atoms with van der Waals surface area (Å²) >= 11 is 3.41. The van der Waals surface area contributed by atoms with E-state index in [1.807, 2.05) is 56.3 Å². The molecule has 0 spiro atoms. The van der Waals surface area contributed by atoms with Crippen LogP contribution in [0.2, 0.25) is 0 Å². The zero-order chi connectivity index (χ0) is 17.8. The number of para-hydroxylation sites is 1. The SMILES string of the molecule is Cc1cccc(Nc2nccc(C(=O)Nc3ccccc3Br)n2)c1C. The van der Waals surface area contributed by atoms with Crippen LogP contribution in [0.5, 0.6) is 0 Å². The van der Waals surface area contributed by atoms with Gasteiger partial charge in [-0.3, -0.25) is 4.79 Å². The Kier molecular flexibility index (Phi) is 5.09. The molecule has 6 heteroatoms. The Morgan fingerprint density at radius 3 is 2.56 bits per heavy atom. The number of rotatable bonds is 4. The van der Waals surface area contributed by atoms with Crippen LogP contribution in [0, 0.1) is 13.8 Å². The highest BCUT2D eigenvalue weighted by Crippen LogP contribution is 2.23. The average molecular weight is 397 g/mol. The van der Waals surface area contributed by atoms with Gasteiger partial charge in [0.25, 0.3) is 5.91 Å². The van der Waals surface area contributed by atoms with E-state index in [0.717, 1.165) is 15.7 Å². The molecule has 3 aromatic rings. The monoisotopic (exact) mass is 396 g/mol. The second-order valence-electron chi connectivity index (χ2n) is 5.57. The standard InChI is InChI=1S/C19H17BrN4O/c1-12-6-5-9-15(13(12)2)23-19-21-11-10-17(24-19)18(25)22-16-8-4-3-7-14(16)20/h3-11H,1-2H3,(H,22,25)(H,21,23,24). The number of amides is 1. The van der Waals surface area contributed by atoms with Gasteiger partial charge in [0.15, 0.2) is 0 Å². The molecule has 0 fully saturated rings. The summed E-state index contributed by atoms with van der Waals surface area (Å²) in [5, 5.41) is 6.01. The fraction of sp³-hybridized carbons (Fsp3) is 0.105. The Hall–Kier alpha value is -2.73. The first-order valence-corrected chi connectivity index (χ1v) is 8.56. The highest BCUT2D eigenvalue weighted by Gasteiger charge is 2.11. The van der Waals surface area contributed by atoms with Crippen LogP contribution in [0.3, 0.4) is 0 Å². The van der Waals surface area contributed by atoms with Gasteiger partial charge < -0.3 is 10.6 Å². The number of nitrogens with one attached hydrogen (secondary N) is 2. The fourth-order valence-electron chi connectivity index (χ4n) is 2.30. The quantitative estimate of drug-likeness (QED) is 0.661. The van der Waals surface area contributed by atoms with Crippen molar-refractivity contribution in [2.24, 2.45) is 0 Å². The van der Waals surface area contributed by atoms with E-state index in [0.29, 0.717) is 17.3 Å². The molecule has 0 radical (unpaired) electrons. The van der Waals surface area contributed by atoms with Gasteiger partial charge in [-0.15, -0.1) is 0 Å². The lowest BCUT2D eigenvalue weighted by atomic mass is 10.1. The summed E-state index contributed by atoms with van der Waals surface area (Å²) in [4.78, 5) is 21.0. The number of hydrogen-bond donors (Lipinski definition) is 2. The first-order valence-electron chi connectivity index (χ1n) is 7.77. The van der Waals surface area contributed by atoms with Gasteiger partial charge >= 0.3 is 0 Å². The van der Waals surface area contributed by atoms with E-state index in [2.05, 4.69) is 36.5 Å². The topological polar surface area (TPSA) is 66.9 Å². The van der Waals surface area contributed by atoms with Crippen molar-refractivity contribution < 1.29 is 4.79 Å². The molecular formula is C19H17BrN4O. The zero-order valence-electron chi connectivity index (χ0n) is 13.9. The number of carbonyl (C=O) groups is 1. The molecule has 2 N–H and O–H groups in total. The van der Waals surface area contributed by atoms with E-state index in [1.165, 1.54) is 5.56 Å². The van der Waals surface area contributed by atoms with Crippen molar-refractivity contribution >= 4 is 39.2 Å². The molecule has 1 heterocycles. The maximum atomic E-state index is 12.4. The van der Waals surface area contributed by atoms with Crippen LogP contribution < -0.4 is 10.6 Å². The predicted octanol–water partition coefficient (Wildman–Crippen LogP) is 4.85. The molecule has 0 aliphatic heterocycles. The third kappa shape index (κ3) is 4.03. The van der Waals surface area contributed by atoms with Gasteiger partial charge in [-0.25, -0.2) is 9.97 Å². The summed E-state index contributed by atoms with van der Waals surface area (Å²) in [7, 11) is 0. The number of aryl methyl sites for hydroxylation is 1. The van der Waals surface area contributed by atoms with Crippen molar-refractivity contribution in [1.29, 1.82) is 0 Å². The number of aromatic nitrogens is 2. The maximum absolute atomic E-state index is 12.4. The molecule has 0 atom stereocenters. The molecule has 25 heavy (non-hydrogen) atoms. The Bertz CT molecular complexity index is 927. The van der Waals surface area contributed by atoms with E-state index in [4.69, 9.17) is 0 Å². The summed E-state index contributed by atoms with van der Waals surface area (Å²) in [5.74, 6) is 0.0896. The van der Waals surface area contributed by atoms with Crippen LogP contribution in [-0.4, -0.2) is 15.9 Å². The van der Waals surface area contributed by atoms with Crippen molar-refractivity contribution in [1.82, 2.24) is 9.97 Å². The molecule has 0 aliphatic rings. The normalized spacial score (nSPS) is 10.4. The third-order valence-electron chi connectivity index (χ3n) is 3.86. The molecule has 0 saturated heterocycles. The summed E-state index contributed by atoms with van der Waals surface area (Å²) in [6.45, 7) is 4.07. The first-order chi connectivity index (χ1) is 12.0. The van der Waals surface area contributed by atoms with E-state index in [1.54, 1.807) is 12.3 Å². The summed E-state index contributed by atoms with van der Waals surface area (Å²) in [5.41, 5.74) is 4.19. The van der Waals surface area contributed by atoms with E-state index >= 15 is 0 Å². The van der Waals surface area contributed by atoms with Crippen LogP contribution >= 0.6 is 15.9 Å². The molecule has 0 aliphatic carbocycles. The number of carbonyl (C=O) groups excluding carboxylic acids is 1. The number of anilines is 3. The van der Waals surface area contributed by atoms with Crippen molar-refractivity contribution in [3.63, 3.8) is 0 Å². The smallest absolute Gasteiger partial charge is 0.274 e. The summed E-state index contributed by atoms with van der Waals surface area (Å²) in [6, 6.07) is 15.0. The Morgan fingerprint density at radius 1 is 1.00 bits per heavy atom. The predicted molar refractivity (Wildman–Crippen MR) is 103 cm³/mol. The van der Waals surface area contributed by atoms with Crippen LogP contribution in [0.1, 0.15) is 21.6 Å². The van der Waals surface area contributed by atoms with Gasteiger partial charge in [-0.2, -0.15) is 0 Å².